The molecular formula is C10H13NO2. The lowest BCUT2D eigenvalue weighted by atomic mass is 9.99. The van der Waals surface area contributed by atoms with Gasteiger partial charge in [0.1, 0.15) is 0 Å². The third-order valence-corrected chi connectivity index (χ3v) is 2.40. The smallest absolute Gasteiger partial charge is 0.274 e. The molecule has 70 valence electrons. The van der Waals surface area contributed by atoms with E-state index in [2.05, 4.69) is 0 Å². The summed E-state index contributed by atoms with van der Waals surface area (Å²) in [4.78, 5) is 11.1. The Morgan fingerprint density at radius 2 is 1.85 bits per heavy atom. The SMILES string of the molecule is Cc1ccc(C(=O)NO)c(C)c1C. The molecule has 0 aliphatic rings. The number of carbonyl (C=O) groups is 1. The molecular weight excluding hydrogens is 166 g/mol. The van der Waals surface area contributed by atoms with Crippen molar-refractivity contribution in [1.82, 2.24) is 5.48 Å². The van der Waals surface area contributed by atoms with Crippen LogP contribution in [-0.2, 0) is 0 Å². The molecule has 1 aromatic carbocycles. The fourth-order valence-corrected chi connectivity index (χ4v) is 1.26. The van der Waals surface area contributed by atoms with Gasteiger partial charge in [-0.3, -0.25) is 10.0 Å². The van der Waals surface area contributed by atoms with Crippen LogP contribution in [0, 0.1) is 20.8 Å². The van der Waals surface area contributed by atoms with Crippen molar-refractivity contribution in [2.75, 3.05) is 0 Å². The number of hydrogen-bond donors (Lipinski definition) is 2. The zero-order valence-corrected chi connectivity index (χ0v) is 8.01. The highest BCUT2D eigenvalue weighted by atomic mass is 16.5. The maximum Gasteiger partial charge on any atom is 0.274 e. The molecule has 0 unspecified atom stereocenters. The van der Waals surface area contributed by atoms with Crippen molar-refractivity contribution in [2.24, 2.45) is 0 Å². The van der Waals surface area contributed by atoms with Crippen LogP contribution in [0.2, 0.25) is 0 Å². The molecule has 3 nitrogen and oxygen atoms in total. The van der Waals surface area contributed by atoms with Gasteiger partial charge in [-0.25, -0.2) is 5.48 Å². The molecule has 2 N–H and O–H groups in total. The number of carbonyl (C=O) groups excluding carboxylic acids is 1. The Morgan fingerprint density at radius 1 is 1.23 bits per heavy atom. The fraction of sp³-hybridized carbons (Fsp3) is 0.300. The lowest BCUT2D eigenvalue weighted by molar-refractivity contribution is 0.0705. The second kappa shape index (κ2) is 3.58. The average Bonchev–Trinajstić information content (AvgIpc) is 2.13. The molecule has 0 fully saturated rings. The minimum absolute atomic E-state index is 0.458. The van der Waals surface area contributed by atoms with Gasteiger partial charge in [-0.05, 0) is 43.5 Å². The molecule has 1 amide bonds. The Kier molecular flexibility index (Phi) is 2.68. The topological polar surface area (TPSA) is 49.3 Å². The normalized spacial score (nSPS) is 9.85. The van der Waals surface area contributed by atoms with E-state index >= 15 is 0 Å². The molecule has 0 aliphatic carbocycles. The van der Waals surface area contributed by atoms with Crippen molar-refractivity contribution in [3.63, 3.8) is 0 Å². The van der Waals surface area contributed by atoms with Gasteiger partial charge in [0.05, 0.1) is 0 Å². The van der Waals surface area contributed by atoms with Crippen LogP contribution in [0.1, 0.15) is 27.0 Å². The predicted octanol–water partition coefficient (Wildman–Crippen LogP) is 1.73. The lowest BCUT2D eigenvalue weighted by Gasteiger charge is -2.08. The van der Waals surface area contributed by atoms with E-state index in [-0.39, 0.29) is 0 Å². The molecule has 1 aromatic rings. The second-order valence-corrected chi connectivity index (χ2v) is 3.12. The van der Waals surface area contributed by atoms with Gasteiger partial charge in [0.25, 0.3) is 5.91 Å². The van der Waals surface area contributed by atoms with Crippen LogP contribution >= 0.6 is 0 Å². The molecule has 0 radical (unpaired) electrons. The summed E-state index contributed by atoms with van der Waals surface area (Å²) in [7, 11) is 0. The van der Waals surface area contributed by atoms with Crippen molar-refractivity contribution >= 4 is 5.91 Å². The first-order chi connectivity index (χ1) is 6.07. The van der Waals surface area contributed by atoms with E-state index in [1.54, 1.807) is 11.5 Å². The maximum atomic E-state index is 11.1. The summed E-state index contributed by atoms with van der Waals surface area (Å²) in [6.45, 7) is 5.81. The third-order valence-electron chi connectivity index (χ3n) is 2.40. The van der Waals surface area contributed by atoms with Gasteiger partial charge in [-0.1, -0.05) is 6.07 Å². The van der Waals surface area contributed by atoms with E-state index in [0.717, 1.165) is 16.7 Å². The summed E-state index contributed by atoms with van der Waals surface area (Å²) < 4.78 is 0. The molecule has 0 saturated carbocycles. The summed E-state index contributed by atoms with van der Waals surface area (Å²) in [5, 5.41) is 8.47. The molecule has 3 heteroatoms. The van der Waals surface area contributed by atoms with Gasteiger partial charge in [-0.2, -0.15) is 0 Å². The van der Waals surface area contributed by atoms with Crippen molar-refractivity contribution in [3.05, 3.63) is 34.4 Å². The van der Waals surface area contributed by atoms with Gasteiger partial charge in [0.15, 0.2) is 0 Å². The van der Waals surface area contributed by atoms with Crippen LogP contribution in [0.25, 0.3) is 0 Å². The van der Waals surface area contributed by atoms with Crippen LogP contribution in [0.15, 0.2) is 12.1 Å². The van der Waals surface area contributed by atoms with E-state index < -0.39 is 5.91 Å². The number of hydroxylamine groups is 1. The average molecular weight is 179 g/mol. The molecule has 0 atom stereocenters. The summed E-state index contributed by atoms with van der Waals surface area (Å²) in [5.41, 5.74) is 5.29. The Bertz CT molecular complexity index is 345. The minimum Gasteiger partial charge on any atom is -0.288 e. The summed E-state index contributed by atoms with van der Waals surface area (Å²) in [6, 6.07) is 3.58. The minimum atomic E-state index is -0.458. The van der Waals surface area contributed by atoms with Crippen molar-refractivity contribution in [3.8, 4) is 0 Å². The third kappa shape index (κ3) is 1.70. The highest BCUT2D eigenvalue weighted by Crippen LogP contribution is 2.16. The molecule has 0 aliphatic heterocycles. The van der Waals surface area contributed by atoms with Crippen LogP contribution in [0.3, 0.4) is 0 Å². The predicted molar refractivity (Wildman–Crippen MR) is 49.9 cm³/mol. The van der Waals surface area contributed by atoms with Crippen LogP contribution in [-0.4, -0.2) is 11.1 Å². The first kappa shape index (κ1) is 9.74. The number of amides is 1. The zero-order chi connectivity index (χ0) is 10.0. The second-order valence-electron chi connectivity index (χ2n) is 3.12. The Labute approximate surface area is 77.4 Å². The molecule has 0 spiro atoms. The Morgan fingerprint density at radius 3 is 2.38 bits per heavy atom. The Hall–Kier alpha value is -1.35. The molecule has 0 heterocycles. The van der Waals surface area contributed by atoms with Crippen molar-refractivity contribution in [2.45, 2.75) is 20.8 Å². The number of nitrogens with one attached hydrogen (secondary N) is 1. The highest BCUT2D eigenvalue weighted by Gasteiger charge is 2.09. The number of hydrogen-bond acceptors (Lipinski definition) is 2. The summed E-state index contributed by atoms with van der Waals surface area (Å²) in [6.07, 6.45) is 0. The van der Waals surface area contributed by atoms with E-state index in [1.165, 1.54) is 0 Å². The molecule has 0 saturated heterocycles. The summed E-state index contributed by atoms with van der Waals surface area (Å²) >= 11 is 0. The van der Waals surface area contributed by atoms with Gasteiger partial charge >= 0.3 is 0 Å². The highest BCUT2D eigenvalue weighted by molar-refractivity contribution is 5.95. The van der Waals surface area contributed by atoms with E-state index in [9.17, 15) is 4.79 Å². The first-order valence-corrected chi connectivity index (χ1v) is 4.09. The molecule has 1 rings (SSSR count). The standard InChI is InChI=1S/C10H13NO2/c1-6-4-5-9(10(12)11-13)8(3)7(6)2/h4-5,13H,1-3H3,(H,11,12). The zero-order valence-electron chi connectivity index (χ0n) is 8.01. The van der Waals surface area contributed by atoms with Crippen LogP contribution in [0.5, 0.6) is 0 Å². The molecule has 13 heavy (non-hydrogen) atoms. The van der Waals surface area contributed by atoms with Crippen molar-refractivity contribution in [1.29, 1.82) is 0 Å². The first-order valence-electron chi connectivity index (χ1n) is 4.09. The number of aryl methyl sites for hydroxylation is 1. The monoisotopic (exact) mass is 179 g/mol. The van der Waals surface area contributed by atoms with Gasteiger partial charge in [0.2, 0.25) is 0 Å². The fourth-order valence-electron chi connectivity index (χ4n) is 1.26. The van der Waals surface area contributed by atoms with Gasteiger partial charge in [-0.15, -0.1) is 0 Å². The number of benzene rings is 1. The van der Waals surface area contributed by atoms with Gasteiger partial charge in [0, 0.05) is 5.56 Å². The van der Waals surface area contributed by atoms with E-state index in [0.29, 0.717) is 5.56 Å². The summed E-state index contributed by atoms with van der Waals surface area (Å²) in [5.74, 6) is -0.458. The van der Waals surface area contributed by atoms with E-state index in [1.807, 2.05) is 26.8 Å². The van der Waals surface area contributed by atoms with E-state index in [4.69, 9.17) is 5.21 Å². The van der Waals surface area contributed by atoms with Crippen molar-refractivity contribution < 1.29 is 10.0 Å². The Balaban J connectivity index is 3.26. The van der Waals surface area contributed by atoms with Crippen LogP contribution in [0.4, 0.5) is 0 Å². The number of rotatable bonds is 1. The largest absolute Gasteiger partial charge is 0.288 e. The molecule has 0 aromatic heterocycles. The molecule has 0 bridgehead atoms. The van der Waals surface area contributed by atoms with Gasteiger partial charge < -0.3 is 0 Å². The lowest BCUT2D eigenvalue weighted by Crippen LogP contribution is -2.20. The van der Waals surface area contributed by atoms with Crippen LogP contribution < -0.4 is 5.48 Å². The maximum absolute atomic E-state index is 11.1. The quantitative estimate of drug-likeness (QED) is 0.509.